The molecule has 0 spiro atoms. The van der Waals surface area contributed by atoms with E-state index in [2.05, 4.69) is 4.74 Å². The van der Waals surface area contributed by atoms with Gasteiger partial charge in [0, 0.05) is 13.1 Å². The summed E-state index contributed by atoms with van der Waals surface area (Å²) in [5, 5.41) is 0. The van der Waals surface area contributed by atoms with Gasteiger partial charge in [0.2, 0.25) is 5.91 Å². The van der Waals surface area contributed by atoms with Gasteiger partial charge >= 0.3 is 6.61 Å². The van der Waals surface area contributed by atoms with Crippen molar-refractivity contribution in [1.82, 2.24) is 4.90 Å². The van der Waals surface area contributed by atoms with Crippen LogP contribution in [0.1, 0.15) is 11.1 Å². The van der Waals surface area contributed by atoms with Gasteiger partial charge in [-0.25, -0.2) is 0 Å². The molecule has 0 aliphatic rings. The first-order chi connectivity index (χ1) is 13.4. The van der Waals surface area contributed by atoms with Crippen LogP contribution in [0.15, 0.2) is 48.5 Å². The van der Waals surface area contributed by atoms with Crippen molar-refractivity contribution in [3.05, 3.63) is 59.7 Å². The first-order valence-electron chi connectivity index (χ1n) is 8.64. The number of rotatable bonds is 9. The maximum absolute atomic E-state index is 12.4. The molecule has 0 N–H and O–H groups in total. The SMILES string of the molecule is COc1cc(C=CC(=O)N(C)CCOc2cccc(C)c2)ccc1OC(F)F. The zero-order valence-electron chi connectivity index (χ0n) is 16.0. The highest BCUT2D eigenvalue weighted by molar-refractivity contribution is 5.91. The van der Waals surface area contributed by atoms with E-state index >= 15 is 0 Å². The summed E-state index contributed by atoms with van der Waals surface area (Å²) in [4.78, 5) is 13.7. The minimum Gasteiger partial charge on any atom is -0.493 e. The zero-order chi connectivity index (χ0) is 20.5. The highest BCUT2D eigenvalue weighted by atomic mass is 19.3. The minimum absolute atomic E-state index is 0.0635. The summed E-state index contributed by atoms with van der Waals surface area (Å²) in [5.41, 5.74) is 1.72. The fourth-order valence-electron chi connectivity index (χ4n) is 2.39. The van der Waals surface area contributed by atoms with Gasteiger partial charge in [-0.2, -0.15) is 8.78 Å². The molecule has 5 nitrogen and oxygen atoms in total. The molecular weight excluding hydrogens is 368 g/mol. The first kappa shape index (κ1) is 21.2. The lowest BCUT2D eigenvalue weighted by atomic mass is 10.2. The largest absolute Gasteiger partial charge is 0.493 e. The van der Waals surface area contributed by atoms with Crippen LogP contribution < -0.4 is 14.2 Å². The predicted octanol–water partition coefficient (Wildman–Crippen LogP) is 4.16. The molecule has 2 aromatic carbocycles. The van der Waals surface area contributed by atoms with Crippen LogP contribution in [0.2, 0.25) is 0 Å². The number of benzene rings is 2. The van der Waals surface area contributed by atoms with Crippen LogP contribution in [0.5, 0.6) is 17.2 Å². The molecule has 28 heavy (non-hydrogen) atoms. The van der Waals surface area contributed by atoms with E-state index in [1.807, 2.05) is 31.2 Å². The van der Waals surface area contributed by atoms with E-state index in [0.717, 1.165) is 11.3 Å². The second kappa shape index (κ2) is 10.3. The maximum atomic E-state index is 12.4. The predicted molar refractivity (Wildman–Crippen MR) is 103 cm³/mol. The summed E-state index contributed by atoms with van der Waals surface area (Å²) in [6.45, 7) is -0.171. The van der Waals surface area contributed by atoms with E-state index in [1.54, 1.807) is 19.2 Å². The van der Waals surface area contributed by atoms with Crippen molar-refractivity contribution in [3.8, 4) is 17.2 Å². The molecule has 0 aliphatic carbocycles. The summed E-state index contributed by atoms with van der Waals surface area (Å²) in [5.74, 6) is 0.649. The Bertz CT molecular complexity index is 824. The van der Waals surface area contributed by atoms with Gasteiger partial charge < -0.3 is 19.1 Å². The van der Waals surface area contributed by atoms with Gasteiger partial charge in [0.15, 0.2) is 11.5 Å². The fourth-order valence-corrected chi connectivity index (χ4v) is 2.39. The highest BCUT2D eigenvalue weighted by Gasteiger charge is 2.11. The van der Waals surface area contributed by atoms with Crippen LogP contribution in [0.4, 0.5) is 8.78 Å². The quantitative estimate of drug-likeness (QED) is 0.603. The number of aryl methyl sites for hydroxylation is 1. The van der Waals surface area contributed by atoms with Crippen molar-refractivity contribution >= 4 is 12.0 Å². The number of hydrogen-bond acceptors (Lipinski definition) is 4. The third-order valence-corrected chi connectivity index (χ3v) is 3.88. The zero-order valence-corrected chi connectivity index (χ0v) is 16.0. The van der Waals surface area contributed by atoms with Crippen LogP contribution in [0.25, 0.3) is 6.08 Å². The summed E-state index contributed by atoms with van der Waals surface area (Å²) in [7, 11) is 3.03. The average Bonchev–Trinajstić information content (AvgIpc) is 2.66. The number of ether oxygens (including phenoxy) is 3. The summed E-state index contributed by atoms with van der Waals surface area (Å²) < 4.78 is 39.8. The van der Waals surface area contributed by atoms with Gasteiger partial charge in [0.1, 0.15) is 12.4 Å². The van der Waals surface area contributed by atoms with E-state index < -0.39 is 6.61 Å². The van der Waals surface area contributed by atoms with Gasteiger partial charge in [-0.3, -0.25) is 4.79 Å². The standard InChI is InChI=1S/C21H23F2NO4/c1-15-5-4-6-17(13-15)27-12-11-24(2)20(25)10-8-16-7-9-18(28-21(22)23)19(14-16)26-3/h4-10,13-14,21H,11-12H2,1-3H3. The molecule has 2 aromatic rings. The molecule has 0 aromatic heterocycles. The van der Waals surface area contributed by atoms with Gasteiger partial charge in [0.05, 0.1) is 13.7 Å². The molecule has 0 atom stereocenters. The Labute approximate surface area is 163 Å². The summed E-state index contributed by atoms with van der Waals surface area (Å²) >= 11 is 0. The molecule has 150 valence electrons. The number of methoxy groups -OCH3 is 1. The third-order valence-electron chi connectivity index (χ3n) is 3.88. The van der Waals surface area contributed by atoms with Crippen LogP contribution in [-0.4, -0.2) is 44.7 Å². The lowest BCUT2D eigenvalue weighted by molar-refractivity contribution is -0.125. The Morgan fingerprint density at radius 3 is 2.64 bits per heavy atom. The van der Waals surface area contributed by atoms with Crippen molar-refractivity contribution in [2.45, 2.75) is 13.5 Å². The first-order valence-corrected chi connectivity index (χ1v) is 8.64. The molecule has 0 saturated carbocycles. The number of nitrogens with zero attached hydrogens (tertiary/aromatic N) is 1. The highest BCUT2D eigenvalue weighted by Crippen LogP contribution is 2.29. The van der Waals surface area contributed by atoms with Gasteiger partial charge in [-0.15, -0.1) is 0 Å². The fraction of sp³-hybridized carbons (Fsp3) is 0.286. The maximum Gasteiger partial charge on any atom is 0.387 e. The van der Waals surface area contributed by atoms with Crippen LogP contribution in [0.3, 0.4) is 0 Å². The lowest BCUT2D eigenvalue weighted by Gasteiger charge is -2.16. The molecular formula is C21H23F2NO4. The van der Waals surface area contributed by atoms with E-state index in [1.165, 1.54) is 30.2 Å². The van der Waals surface area contributed by atoms with Crippen LogP contribution in [-0.2, 0) is 4.79 Å². The Hall–Kier alpha value is -3.09. The van der Waals surface area contributed by atoms with E-state index in [9.17, 15) is 13.6 Å². The van der Waals surface area contributed by atoms with Gasteiger partial charge in [0.25, 0.3) is 0 Å². The minimum atomic E-state index is -2.94. The van der Waals surface area contributed by atoms with Crippen molar-refractivity contribution < 1.29 is 27.8 Å². The molecule has 0 fully saturated rings. The summed E-state index contributed by atoms with van der Waals surface area (Å²) in [6, 6.07) is 12.1. The molecule has 0 aliphatic heterocycles. The smallest absolute Gasteiger partial charge is 0.387 e. The molecule has 0 heterocycles. The molecule has 2 rings (SSSR count). The number of halogens is 2. The number of carbonyl (C=O) groups is 1. The van der Waals surface area contributed by atoms with Crippen LogP contribution >= 0.6 is 0 Å². The van der Waals surface area contributed by atoms with Crippen LogP contribution in [0, 0.1) is 6.92 Å². The third kappa shape index (κ3) is 6.57. The van der Waals surface area contributed by atoms with E-state index in [-0.39, 0.29) is 17.4 Å². The molecule has 0 radical (unpaired) electrons. The number of hydrogen-bond donors (Lipinski definition) is 0. The Balaban J connectivity index is 1.89. The molecule has 0 bridgehead atoms. The normalized spacial score (nSPS) is 10.9. The lowest BCUT2D eigenvalue weighted by Crippen LogP contribution is -2.29. The monoisotopic (exact) mass is 391 g/mol. The Morgan fingerprint density at radius 1 is 1.18 bits per heavy atom. The van der Waals surface area contributed by atoms with E-state index in [0.29, 0.717) is 18.7 Å². The second-order valence-electron chi connectivity index (χ2n) is 6.05. The Kier molecular flexibility index (Phi) is 7.80. The number of amides is 1. The van der Waals surface area contributed by atoms with Crippen molar-refractivity contribution in [2.24, 2.45) is 0 Å². The summed E-state index contributed by atoms with van der Waals surface area (Å²) in [6.07, 6.45) is 2.98. The number of alkyl halides is 2. The van der Waals surface area contributed by atoms with E-state index in [4.69, 9.17) is 9.47 Å². The topological polar surface area (TPSA) is 48.0 Å². The Morgan fingerprint density at radius 2 is 1.96 bits per heavy atom. The number of carbonyl (C=O) groups excluding carboxylic acids is 1. The average molecular weight is 391 g/mol. The van der Waals surface area contributed by atoms with Gasteiger partial charge in [-0.1, -0.05) is 18.2 Å². The molecule has 0 unspecified atom stereocenters. The molecule has 1 amide bonds. The number of likely N-dealkylation sites (N-methyl/N-ethyl adjacent to an activating group) is 1. The van der Waals surface area contributed by atoms with Crippen molar-refractivity contribution in [1.29, 1.82) is 0 Å². The van der Waals surface area contributed by atoms with Crippen molar-refractivity contribution in [2.75, 3.05) is 27.3 Å². The molecule has 0 saturated heterocycles. The van der Waals surface area contributed by atoms with Crippen molar-refractivity contribution in [3.63, 3.8) is 0 Å². The second-order valence-corrected chi connectivity index (χ2v) is 6.05. The molecule has 7 heteroatoms. The van der Waals surface area contributed by atoms with Gasteiger partial charge in [-0.05, 0) is 48.4 Å².